The van der Waals surface area contributed by atoms with Gasteiger partial charge in [-0.05, 0) is 159 Å². The Bertz CT molecular complexity index is 2430. The monoisotopic (exact) mass is 984 g/mol. The summed E-state index contributed by atoms with van der Waals surface area (Å²) in [6.07, 6.45) is -0.721. The lowest BCUT2D eigenvalue weighted by Crippen LogP contribution is -2.16. The summed E-state index contributed by atoms with van der Waals surface area (Å²) >= 11 is 17.0. The van der Waals surface area contributed by atoms with Gasteiger partial charge in [0.15, 0.2) is 0 Å². The standard InChI is InChI=1S/2C22H15ClFIO2/c1-12-17-10-19(26)18(23)11-20(17)27-22(14-4-8-16(25)9-5-14)21(12)13-2-6-15(24)7-3-13;1-12-19(13-2-6-15(24)7-3-13)22(14-4-8-16(25)9-5-14)27-18-11-10-17(26)21(23)20(12)18/h2*2-11,22,26H,1H3. The van der Waals surface area contributed by atoms with Crippen LogP contribution in [0.15, 0.2) is 121 Å². The van der Waals surface area contributed by atoms with E-state index in [2.05, 4.69) is 45.2 Å². The van der Waals surface area contributed by atoms with Crippen LogP contribution in [0.2, 0.25) is 10.0 Å². The van der Waals surface area contributed by atoms with Crippen LogP contribution in [0.3, 0.4) is 0 Å². The normalized spacial score (nSPS) is 16.1. The minimum absolute atomic E-state index is 0.00420. The highest BCUT2D eigenvalue weighted by Crippen LogP contribution is 2.51. The van der Waals surface area contributed by atoms with E-state index in [1.807, 2.05) is 62.4 Å². The van der Waals surface area contributed by atoms with E-state index in [4.69, 9.17) is 32.7 Å². The zero-order chi connectivity index (χ0) is 38.3. The lowest BCUT2D eigenvalue weighted by Gasteiger charge is -2.31. The molecule has 0 radical (unpaired) electrons. The molecule has 54 heavy (non-hydrogen) atoms. The van der Waals surface area contributed by atoms with Crippen LogP contribution in [-0.2, 0) is 0 Å². The highest BCUT2D eigenvalue weighted by atomic mass is 127. The van der Waals surface area contributed by atoms with Crippen LogP contribution < -0.4 is 9.47 Å². The topological polar surface area (TPSA) is 58.9 Å². The van der Waals surface area contributed by atoms with Gasteiger partial charge in [0.2, 0.25) is 0 Å². The van der Waals surface area contributed by atoms with Crippen molar-refractivity contribution in [3.8, 4) is 23.0 Å². The summed E-state index contributed by atoms with van der Waals surface area (Å²) in [4.78, 5) is 0. The van der Waals surface area contributed by atoms with Crippen molar-refractivity contribution >= 4 is 90.7 Å². The summed E-state index contributed by atoms with van der Waals surface area (Å²) in [5, 5.41) is 20.6. The van der Waals surface area contributed by atoms with Crippen molar-refractivity contribution in [2.45, 2.75) is 26.1 Å². The molecule has 2 aliphatic rings. The van der Waals surface area contributed by atoms with Crippen molar-refractivity contribution in [3.63, 3.8) is 0 Å². The van der Waals surface area contributed by atoms with E-state index in [1.165, 1.54) is 30.3 Å². The number of hydrogen-bond donors (Lipinski definition) is 2. The van der Waals surface area contributed by atoms with E-state index < -0.39 is 0 Å². The quantitative estimate of drug-likeness (QED) is 0.173. The minimum atomic E-state index is -0.361. The summed E-state index contributed by atoms with van der Waals surface area (Å²) in [7, 11) is 0. The Labute approximate surface area is 349 Å². The molecule has 6 aromatic carbocycles. The molecule has 6 aromatic rings. The van der Waals surface area contributed by atoms with Gasteiger partial charge in [-0.2, -0.15) is 0 Å². The van der Waals surface area contributed by atoms with Crippen LogP contribution >= 0.6 is 68.4 Å². The predicted octanol–water partition coefficient (Wildman–Crippen LogP) is 13.7. The number of fused-ring (bicyclic) bond motifs is 2. The van der Waals surface area contributed by atoms with Gasteiger partial charge < -0.3 is 19.7 Å². The van der Waals surface area contributed by atoms with Gasteiger partial charge in [0, 0.05) is 35.5 Å². The molecule has 8 rings (SSSR count). The van der Waals surface area contributed by atoms with Crippen molar-refractivity contribution in [2.75, 3.05) is 0 Å². The van der Waals surface area contributed by atoms with E-state index in [0.717, 1.165) is 57.3 Å². The Hall–Kier alpha value is -4.10. The fraction of sp³-hybridized carbons (Fsp3) is 0.0909. The van der Waals surface area contributed by atoms with Crippen molar-refractivity contribution < 1.29 is 28.5 Å². The molecule has 2 heterocycles. The number of ether oxygens (including phenoxy) is 2. The molecule has 0 aromatic heterocycles. The third-order valence-electron chi connectivity index (χ3n) is 9.39. The molecule has 0 fully saturated rings. The Balaban J connectivity index is 0.000000167. The predicted molar refractivity (Wildman–Crippen MR) is 229 cm³/mol. The number of phenols is 2. The first kappa shape index (κ1) is 38.2. The Morgan fingerprint density at radius 3 is 1.52 bits per heavy atom. The van der Waals surface area contributed by atoms with Crippen molar-refractivity contribution in [1.82, 2.24) is 0 Å². The third kappa shape index (κ3) is 7.71. The van der Waals surface area contributed by atoms with E-state index in [0.29, 0.717) is 17.1 Å². The smallest absolute Gasteiger partial charge is 0.150 e. The summed E-state index contributed by atoms with van der Waals surface area (Å²) in [5.41, 5.74) is 8.83. The van der Waals surface area contributed by atoms with Gasteiger partial charge in [0.05, 0.1) is 10.0 Å². The minimum Gasteiger partial charge on any atom is -0.506 e. The van der Waals surface area contributed by atoms with E-state index >= 15 is 0 Å². The Morgan fingerprint density at radius 2 is 1.02 bits per heavy atom. The van der Waals surface area contributed by atoms with Gasteiger partial charge >= 0.3 is 0 Å². The van der Waals surface area contributed by atoms with Gasteiger partial charge in [-0.3, -0.25) is 0 Å². The largest absolute Gasteiger partial charge is 0.506 e. The summed E-state index contributed by atoms with van der Waals surface area (Å²) < 4.78 is 41.8. The number of benzene rings is 6. The SMILES string of the molecule is CC1=C(c2ccc(F)cc2)C(c2ccc(I)cc2)Oc2cc(Cl)c(O)cc21.CC1=C(c2ccc(F)cc2)C(c2ccc(I)cc2)Oc2ccc(O)c(Cl)c21. The maximum Gasteiger partial charge on any atom is 0.150 e. The molecule has 0 saturated heterocycles. The summed E-state index contributed by atoms with van der Waals surface area (Å²) in [5.74, 6) is 0.656. The van der Waals surface area contributed by atoms with Gasteiger partial charge in [-0.25, -0.2) is 8.78 Å². The first-order valence-corrected chi connectivity index (χ1v) is 19.6. The van der Waals surface area contributed by atoms with Crippen molar-refractivity contribution in [1.29, 1.82) is 0 Å². The molecule has 0 aliphatic carbocycles. The molecular weight excluding hydrogens is 955 g/mol. The highest BCUT2D eigenvalue weighted by Gasteiger charge is 2.32. The molecule has 0 bridgehead atoms. The van der Waals surface area contributed by atoms with Crippen LogP contribution in [0.25, 0.3) is 22.3 Å². The number of allylic oxidation sites excluding steroid dienone is 2. The third-order valence-corrected chi connectivity index (χ3v) is 11.5. The lowest BCUT2D eigenvalue weighted by molar-refractivity contribution is 0.259. The van der Waals surface area contributed by atoms with Gasteiger partial charge in [0.1, 0.15) is 46.8 Å². The molecule has 272 valence electrons. The van der Waals surface area contributed by atoms with Crippen LogP contribution in [0, 0.1) is 18.8 Å². The van der Waals surface area contributed by atoms with E-state index in [-0.39, 0.29) is 45.4 Å². The average molecular weight is 985 g/mol. The molecule has 0 spiro atoms. The maximum absolute atomic E-state index is 13.5. The molecule has 2 unspecified atom stereocenters. The first-order chi connectivity index (χ1) is 25.9. The molecule has 0 saturated carbocycles. The van der Waals surface area contributed by atoms with E-state index in [1.54, 1.807) is 42.5 Å². The highest BCUT2D eigenvalue weighted by molar-refractivity contribution is 14.1. The van der Waals surface area contributed by atoms with E-state index in [9.17, 15) is 19.0 Å². The zero-order valence-corrected chi connectivity index (χ0v) is 34.5. The summed E-state index contributed by atoms with van der Waals surface area (Å²) in [6, 6.07) is 35.4. The molecule has 10 heteroatoms. The Kier molecular flexibility index (Phi) is 11.3. The van der Waals surface area contributed by atoms with Crippen LogP contribution in [0.1, 0.15) is 59.4 Å². The second kappa shape index (κ2) is 15.9. The zero-order valence-electron chi connectivity index (χ0n) is 28.7. The summed E-state index contributed by atoms with van der Waals surface area (Å²) in [6.45, 7) is 3.93. The van der Waals surface area contributed by atoms with Crippen LogP contribution in [0.4, 0.5) is 8.78 Å². The van der Waals surface area contributed by atoms with Gasteiger partial charge in [0.25, 0.3) is 0 Å². The number of rotatable bonds is 4. The fourth-order valence-corrected chi connectivity index (χ4v) is 7.88. The lowest BCUT2D eigenvalue weighted by atomic mass is 9.86. The second-order valence-electron chi connectivity index (χ2n) is 12.8. The average Bonchev–Trinajstić information content (AvgIpc) is 3.16. The second-order valence-corrected chi connectivity index (χ2v) is 16.0. The van der Waals surface area contributed by atoms with Crippen molar-refractivity contribution in [3.05, 3.63) is 184 Å². The first-order valence-electron chi connectivity index (χ1n) is 16.7. The van der Waals surface area contributed by atoms with Crippen LogP contribution in [-0.4, -0.2) is 10.2 Å². The van der Waals surface area contributed by atoms with Gasteiger partial charge in [-0.1, -0.05) is 71.7 Å². The molecule has 4 nitrogen and oxygen atoms in total. The molecule has 2 aliphatic heterocycles. The molecule has 2 atom stereocenters. The fourth-order valence-electron chi connectivity index (χ4n) is 6.71. The number of phenolic OH excluding ortho intramolecular Hbond substituents is 2. The maximum atomic E-state index is 13.5. The number of aromatic hydroxyl groups is 2. The molecular formula is C44H30Cl2F2I2O4. The van der Waals surface area contributed by atoms with Gasteiger partial charge in [-0.15, -0.1) is 0 Å². The molecule has 2 N–H and O–H groups in total. The number of hydrogen-bond acceptors (Lipinski definition) is 4. The van der Waals surface area contributed by atoms with Crippen molar-refractivity contribution in [2.24, 2.45) is 0 Å². The Morgan fingerprint density at radius 1 is 0.556 bits per heavy atom. The number of halogens is 6. The molecule has 0 amide bonds. The van der Waals surface area contributed by atoms with Crippen LogP contribution in [0.5, 0.6) is 23.0 Å².